The van der Waals surface area contributed by atoms with Gasteiger partial charge in [-0.1, -0.05) is 44.0 Å². The normalized spacial score (nSPS) is 12.1. The number of rotatable bonds is 9. The number of hydrogen-bond acceptors (Lipinski definition) is 4. The third kappa shape index (κ3) is 6.49. The van der Waals surface area contributed by atoms with Crippen LogP contribution in [0.1, 0.15) is 31.1 Å². The first-order chi connectivity index (χ1) is 11.8. The van der Waals surface area contributed by atoms with Gasteiger partial charge in [-0.25, -0.2) is 0 Å². The lowest BCUT2D eigenvalue weighted by Gasteiger charge is -2.28. The fourth-order valence-corrected chi connectivity index (χ4v) is 2.79. The Morgan fingerprint density at radius 1 is 1.12 bits per heavy atom. The third-order valence-electron chi connectivity index (χ3n) is 4.13. The Kier molecular flexibility index (Phi) is 9.25. The van der Waals surface area contributed by atoms with Crippen molar-refractivity contribution >= 4 is 35.1 Å². The van der Waals surface area contributed by atoms with Crippen molar-refractivity contribution in [2.75, 3.05) is 39.8 Å². The molecule has 1 amide bonds. The maximum Gasteiger partial charge on any atom is 0.310 e. The van der Waals surface area contributed by atoms with Crippen LogP contribution >= 0.6 is 23.2 Å². The zero-order valence-electron chi connectivity index (χ0n) is 15.2. The maximum atomic E-state index is 12.9. The molecule has 0 aliphatic rings. The summed E-state index contributed by atoms with van der Waals surface area (Å²) < 4.78 is 4.78. The number of carbonyl (C=O) groups excluding carboxylic acids is 2. The summed E-state index contributed by atoms with van der Waals surface area (Å²) in [6, 6.07) is 4.80. The molecule has 1 aromatic carbocycles. The van der Waals surface area contributed by atoms with Crippen molar-refractivity contribution in [2.45, 2.75) is 20.8 Å². The lowest BCUT2D eigenvalue weighted by molar-refractivity contribution is -0.145. The van der Waals surface area contributed by atoms with E-state index in [4.69, 9.17) is 27.9 Å². The second-order valence-corrected chi connectivity index (χ2v) is 6.65. The molecule has 0 radical (unpaired) electrons. The first-order valence-electron chi connectivity index (χ1n) is 8.38. The highest BCUT2D eigenvalue weighted by atomic mass is 35.5. The van der Waals surface area contributed by atoms with E-state index >= 15 is 0 Å². The van der Waals surface area contributed by atoms with Crippen LogP contribution < -0.4 is 0 Å². The van der Waals surface area contributed by atoms with Gasteiger partial charge in [0, 0.05) is 25.2 Å². The molecule has 0 spiro atoms. The molecule has 5 nitrogen and oxygen atoms in total. The lowest BCUT2D eigenvalue weighted by atomic mass is 10.1. The lowest BCUT2D eigenvalue weighted by Crippen LogP contribution is -2.42. The Morgan fingerprint density at radius 3 is 2.28 bits per heavy atom. The Hall–Kier alpha value is -1.30. The number of benzene rings is 1. The van der Waals surface area contributed by atoms with Gasteiger partial charge in [0.25, 0.3) is 5.91 Å². The molecular weight excluding hydrogens is 363 g/mol. The molecule has 1 atom stereocenters. The van der Waals surface area contributed by atoms with E-state index < -0.39 is 5.92 Å². The van der Waals surface area contributed by atoms with Crippen molar-refractivity contribution in [3.63, 3.8) is 0 Å². The molecule has 0 aliphatic carbocycles. The highest BCUT2D eigenvalue weighted by Crippen LogP contribution is 2.23. The molecule has 1 unspecified atom stereocenters. The predicted molar refractivity (Wildman–Crippen MR) is 101 cm³/mol. The number of esters is 1. The minimum absolute atomic E-state index is 0.179. The standard InChI is InChI=1S/C18H26Cl2N2O3/c1-5-21(6-2)9-10-22(12-13(3)18(24)25-4)17(23)14-7-8-15(19)16(20)11-14/h7-8,11,13H,5-6,9-10,12H2,1-4H3. The average Bonchev–Trinajstić information content (AvgIpc) is 2.62. The minimum Gasteiger partial charge on any atom is -0.469 e. The quantitative estimate of drug-likeness (QED) is 0.606. The highest BCUT2D eigenvalue weighted by Gasteiger charge is 2.23. The van der Waals surface area contributed by atoms with Gasteiger partial charge in [0.05, 0.1) is 23.1 Å². The number of methoxy groups -OCH3 is 1. The number of amides is 1. The van der Waals surface area contributed by atoms with Crippen molar-refractivity contribution < 1.29 is 14.3 Å². The van der Waals surface area contributed by atoms with Gasteiger partial charge in [-0.05, 0) is 31.3 Å². The Labute approximate surface area is 159 Å². The number of halogens is 2. The molecule has 0 saturated carbocycles. The van der Waals surface area contributed by atoms with Gasteiger partial charge in [-0.2, -0.15) is 0 Å². The van der Waals surface area contributed by atoms with Gasteiger partial charge in [-0.15, -0.1) is 0 Å². The molecule has 0 fully saturated rings. The Bertz CT molecular complexity index is 592. The van der Waals surface area contributed by atoms with Crippen molar-refractivity contribution in [3.8, 4) is 0 Å². The van der Waals surface area contributed by atoms with Crippen LogP contribution in [0.2, 0.25) is 10.0 Å². The molecule has 0 aliphatic heterocycles. The van der Waals surface area contributed by atoms with Crippen molar-refractivity contribution in [3.05, 3.63) is 33.8 Å². The second kappa shape index (κ2) is 10.6. The Balaban J connectivity index is 2.96. The molecule has 0 bridgehead atoms. The fraction of sp³-hybridized carbons (Fsp3) is 0.556. The largest absolute Gasteiger partial charge is 0.469 e. The van der Waals surface area contributed by atoms with Crippen LogP contribution in [0.15, 0.2) is 18.2 Å². The summed E-state index contributed by atoms with van der Waals surface area (Å²) in [6.07, 6.45) is 0. The fourth-order valence-electron chi connectivity index (χ4n) is 2.50. The van der Waals surface area contributed by atoms with E-state index in [1.54, 1.807) is 30.0 Å². The first-order valence-corrected chi connectivity index (χ1v) is 9.14. The van der Waals surface area contributed by atoms with Crippen molar-refractivity contribution in [1.29, 1.82) is 0 Å². The summed E-state index contributed by atoms with van der Waals surface area (Å²) in [4.78, 5) is 28.5. The summed E-state index contributed by atoms with van der Waals surface area (Å²) in [5.41, 5.74) is 0.450. The van der Waals surface area contributed by atoms with Crippen LogP contribution in [0.5, 0.6) is 0 Å². The van der Waals surface area contributed by atoms with Gasteiger partial charge in [0.2, 0.25) is 0 Å². The molecule has 7 heteroatoms. The number of carbonyl (C=O) groups is 2. The number of hydrogen-bond donors (Lipinski definition) is 0. The van der Waals surface area contributed by atoms with Gasteiger partial charge >= 0.3 is 5.97 Å². The van der Waals surface area contributed by atoms with E-state index in [2.05, 4.69) is 18.7 Å². The van der Waals surface area contributed by atoms with Gasteiger partial charge in [-0.3, -0.25) is 9.59 Å². The zero-order chi connectivity index (χ0) is 19.0. The third-order valence-corrected chi connectivity index (χ3v) is 4.87. The topological polar surface area (TPSA) is 49.9 Å². The van der Waals surface area contributed by atoms with E-state index in [1.807, 2.05) is 0 Å². The van der Waals surface area contributed by atoms with Crippen LogP contribution in [0.4, 0.5) is 0 Å². The summed E-state index contributed by atoms with van der Waals surface area (Å²) >= 11 is 12.0. The summed E-state index contributed by atoms with van der Waals surface area (Å²) in [6.45, 7) is 9.23. The van der Waals surface area contributed by atoms with E-state index in [-0.39, 0.29) is 18.4 Å². The van der Waals surface area contributed by atoms with Gasteiger partial charge < -0.3 is 14.5 Å². The van der Waals surface area contributed by atoms with Crippen LogP contribution in [0.25, 0.3) is 0 Å². The molecule has 1 rings (SSSR count). The summed E-state index contributed by atoms with van der Waals surface area (Å²) in [5.74, 6) is -0.926. The van der Waals surface area contributed by atoms with Crippen molar-refractivity contribution in [2.24, 2.45) is 5.92 Å². The first kappa shape index (κ1) is 21.7. The molecular formula is C18H26Cl2N2O3. The number of ether oxygens (including phenoxy) is 1. The number of nitrogens with zero attached hydrogens (tertiary/aromatic N) is 2. The van der Waals surface area contributed by atoms with E-state index in [1.165, 1.54) is 7.11 Å². The highest BCUT2D eigenvalue weighted by molar-refractivity contribution is 6.42. The SMILES string of the molecule is CCN(CC)CCN(CC(C)C(=O)OC)C(=O)c1ccc(Cl)c(Cl)c1. The average molecular weight is 389 g/mol. The van der Waals surface area contributed by atoms with Crippen LogP contribution in [0.3, 0.4) is 0 Å². The van der Waals surface area contributed by atoms with Gasteiger partial charge in [0.15, 0.2) is 0 Å². The summed E-state index contributed by atoms with van der Waals surface area (Å²) in [7, 11) is 1.35. The molecule has 1 aromatic rings. The smallest absolute Gasteiger partial charge is 0.310 e. The van der Waals surface area contributed by atoms with Crippen LogP contribution in [-0.2, 0) is 9.53 Å². The monoisotopic (exact) mass is 388 g/mol. The van der Waals surface area contributed by atoms with E-state index in [0.29, 0.717) is 22.2 Å². The van der Waals surface area contributed by atoms with E-state index in [0.717, 1.165) is 19.6 Å². The predicted octanol–water partition coefficient (Wildman–Crippen LogP) is 3.59. The molecule has 0 N–H and O–H groups in total. The molecule has 0 aromatic heterocycles. The van der Waals surface area contributed by atoms with Crippen molar-refractivity contribution in [1.82, 2.24) is 9.80 Å². The van der Waals surface area contributed by atoms with Gasteiger partial charge in [0.1, 0.15) is 0 Å². The van der Waals surface area contributed by atoms with Crippen LogP contribution in [0, 0.1) is 5.92 Å². The zero-order valence-corrected chi connectivity index (χ0v) is 16.7. The van der Waals surface area contributed by atoms with Crippen LogP contribution in [-0.4, -0.2) is 61.5 Å². The molecule has 0 heterocycles. The molecule has 25 heavy (non-hydrogen) atoms. The second-order valence-electron chi connectivity index (χ2n) is 5.83. The summed E-state index contributed by atoms with van der Waals surface area (Å²) in [5, 5.41) is 0.730. The van der Waals surface area contributed by atoms with E-state index in [9.17, 15) is 9.59 Å². The maximum absolute atomic E-state index is 12.9. The molecule has 0 saturated heterocycles. The number of likely N-dealkylation sites (N-methyl/N-ethyl adjacent to an activating group) is 1. The minimum atomic E-state index is -0.409. The Morgan fingerprint density at radius 2 is 1.76 bits per heavy atom. The molecule has 140 valence electrons.